The van der Waals surface area contributed by atoms with E-state index in [9.17, 15) is 9.59 Å². The Balaban J connectivity index is 1.96. The molecule has 1 aliphatic heterocycles. The number of carbonyl (C=O) groups is 1. The first kappa shape index (κ1) is 17.6. The SMILES string of the molecule is CC(CCO)NC(=O)c1ccc2c(=O)n3c(nc2c1)CCCCCC3. The third kappa shape index (κ3) is 3.90. The maximum Gasteiger partial charge on any atom is 0.261 e. The summed E-state index contributed by atoms with van der Waals surface area (Å²) in [6.45, 7) is 2.60. The Kier molecular flexibility index (Phi) is 5.48. The summed E-state index contributed by atoms with van der Waals surface area (Å²) in [5.41, 5.74) is 1.06. The molecule has 1 atom stereocenters. The van der Waals surface area contributed by atoms with Gasteiger partial charge >= 0.3 is 0 Å². The zero-order chi connectivity index (χ0) is 17.8. The van der Waals surface area contributed by atoms with E-state index in [2.05, 4.69) is 10.3 Å². The Hall–Kier alpha value is -2.21. The monoisotopic (exact) mass is 343 g/mol. The van der Waals surface area contributed by atoms with Gasteiger partial charge in [-0.25, -0.2) is 4.98 Å². The van der Waals surface area contributed by atoms with Crippen LogP contribution in [-0.2, 0) is 13.0 Å². The van der Waals surface area contributed by atoms with E-state index in [1.54, 1.807) is 22.8 Å². The van der Waals surface area contributed by atoms with Gasteiger partial charge in [0.05, 0.1) is 10.9 Å². The molecule has 2 heterocycles. The van der Waals surface area contributed by atoms with Gasteiger partial charge in [0.25, 0.3) is 11.5 Å². The lowest BCUT2D eigenvalue weighted by Gasteiger charge is -2.17. The van der Waals surface area contributed by atoms with Crippen LogP contribution in [0.5, 0.6) is 0 Å². The fourth-order valence-corrected chi connectivity index (χ4v) is 3.31. The number of nitrogens with one attached hydrogen (secondary N) is 1. The average Bonchev–Trinajstić information content (AvgIpc) is 2.56. The standard InChI is InChI=1S/C19H25N3O3/c1-13(9-11-23)20-18(24)14-7-8-15-16(12-14)21-17-6-4-2-3-5-10-22(17)19(15)25/h7-8,12-13,23H,2-6,9-11H2,1H3,(H,20,24). The molecule has 1 aliphatic rings. The van der Waals surface area contributed by atoms with Crippen LogP contribution in [0.15, 0.2) is 23.0 Å². The molecule has 1 aromatic heterocycles. The summed E-state index contributed by atoms with van der Waals surface area (Å²) in [5, 5.41) is 12.4. The largest absolute Gasteiger partial charge is 0.396 e. The minimum Gasteiger partial charge on any atom is -0.396 e. The minimum atomic E-state index is -0.212. The molecule has 0 fully saturated rings. The van der Waals surface area contributed by atoms with Crippen molar-refractivity contribution in [1.82, 2.24) is 14.9 Å². The van der Waals surface area contributed by atoms with E-state index in [4.69, 9.17) is 5.11 Å². The Morgan fingerprint density at radius 1 is 1.32 bits per heavy atom. The topological polar surface area (TPSA) is 84.2 Å². The summed E-state index contributed by atoms with van der Waals surface area (Å²) in [5.74, 6) is 0.611. The van der Waals surface area contributed by atoms with Gasteiger partial charge in [-0.1, -0.05) is 12.8 Å². The van der Waals surface area contributed by atoms with Crippen molar-refractivity contribution >= 4 is 16.8 Å². The number of carbonyl (C=O) groups excluding carboxylic acids is 1. The van der Waals surface area contributed by atoms with Crippen LogP contribution in [0, 0.1) is 0 Å². The molecule has 1 amide bonds. The fourth-order valence-electron chi connectivity index (χ4n) is 3.31. The number of fused-ring (bicyclic) bond motifs is 2. The van der Waals surface area contributed by atoms with Gasteiger partial charge in [-0.05, 0) is 44.4 Å². The summed E-state index contributed by atoms with van der Waals surface area (Å²) in [7, 11) is 0. The van der Waals surface area contributed by atoms with E-state index in [1.165, 1.54) is 6.42 Å². The zero-order valence-electron chi connectivity index (χ0n) is 14.6. The average molecular weight is 343 g/mol. The van der Waals surface area contributed by atoms with Crippen LogP contribution >= 0.6 is 0 Å². The molecule has 6 nitrogen and oxygen atoms in total. The summed E-state index contributed by atoms with van der Waals surface area (Å²) in [6.07, 6.45) is 5.66. The molecule has 134 valence electrons. The van der Waals surface area contributed by atoms with E-state index < -0.39 is 0 Å². The van der Waals surface area contributed by atoms with Gasteiger partial charge in [0.15, 0.2) is 0 Å². The van der Waals surface area contributed by atoms with Crippen molar-refractivity contribution < 1.29 is 9.90 Å². The van der Waals surface area contributed by atoms with E-state index >= 15 is 0 Å². The molecular weight excluding hydrogens is 318 g/mol. The van der Waals surface area contributed by atoms with Crippen molar-refractivity contribution in [3.63, 3.8) is 0 Å². The molecule has 0 aliphatic carbocycles. The van der Waals surface area contributed by atoms with E-state index in [0.29, 0.717) is 22.9 Å². The zero-order valence-corrected chi connectivity index (χ0v) is 14.6. The number of aryl methyl sites for hydroxylation is 1. The highest BCUT2D eigenvalue weighted by Gasteiger charge is 2.15. The van der Waals surface area contributed by atoms with Crippen LogP contribution in [-0.4, -0.2) is 33.2 Å². The van der Waals surface area contributed by atoms with E-state index in [-0.39, 0.29) is 24.1 Å². The molecule has 1 aromatic carbocycles. The predicted octanol–water partition coefficient (Wildman–Crippen LogP) is 2.01. The molecule has 0 saturated heterocycles. The van der Waals surface area contributed by atoms with E-state index in [1.807, 2.05) is 6.92 Å². The second-order valence-corrected chi connectivity index (χ2v) is 6.77. The Morgan fingerprint density at radius 3 is 2.92 bits per heavy atom. The highest BCUT2D eigenvalue weighted by atomic mass is 16.3. The number of nitrogens with zero attached hydrogens (tertiary/aromatic N) is 2. The molecule has 0 bridgehead atoms. The number of hydrogen-bond donors (Lipinski definition) is 2. The van der Waals surface area contributed by atoms with Crippen LogP contribution in [0.4, 0.5) is 0 Å². The lowest BCUT2D eigenvalue weighted by Crippen LogP contribution is -2.33. The predicted molar refractivity (Wildman–Crippen MR) is 96.8 cm³/mol. The first-order chi connectivity index (χ1) is 12.1. The molecule has 0 saturated carbocycles. The number of hydrogen-bond acceptors (Lipinski definition) is 4. The van der Waals surface area contributed by atoms with Gasteiger partial charge in [-0.3, -0.25) is 14.2 Å². The van der Waals surface area contributed by atoms with E-state index in [0.717, 1.165) is 38.1 Å². The molecule has 0 radical (unpaired) electrons. The Labute approximate surface area is 146 Å². The molecule has 3 rings (SSSR count). The van der Waals surface area contributed by atoms with Gasteiger partial charge < -0.3 is 10.4 Å². The fraction of sp³-hybridized carbons (Fsp3) is 0.526. The lowest BCUT2D eigenvalue weighted by molar-refractivity contribution is 0.0934. The van der Waals surface area contributed by atoms with Gasteiger partial charge in [0.2, 0.25) is 0 Å². The third-order valence-corrected chi connectivity index (χ3v) is 4.77. The Bertz CT molecular complexity index is 829. The number of benzene rings is 1. The molecule has 2 N–H and O–H groups in total. The molecule has 25 heavy (non-hydrogen) atoms. The Morgan fingerprint density at radius 2 is 2.12 bits per heavy atom. The minimum absolute atomic E-state index is 0.0116. The van der Waals surface area contributed by atoms with Crippen LogP contribution in [0.25, 0.3) is 10.9 Å². The normalized spacial score (nSPS) is 15.9. The maximum absolute atomic E-state index is 12.8. The van der Waals surface area contributed by atoms with Crippen LogP contribution in [0.2, 0.25) is 0 Å². The number of rotatable bonds is 4. The van der Waals surface area contributed by atoms with Gasteiger partial charge in [0, 0.05) is 31.2 Å². The first-order valence-corrected chi connectivity index (χ1v) is 9.05. The molecule has 2 aromatic rings. The van der Waals surface area contributed by atoms with Crippen LogP contribution in [0.1, 0.15) is 55.2 Å². The van der Waals surface area contributed by atoms with Crippen molar-refractivity contribution in [2.24, 2.45) is 0 Å². The number of aliphatic hydroxyl groups is 1. The van der Waals surface area contributed by atoms with Crippen molar-refractivity contribution in [1.29, 1.82) is 0 Å². The summed E-state index contributed by atoms with van der Waals surface area (Å²) in [4.78, 5) is 29.8. The smallest absolute Gasteiger partial charge is 0.261 e. The molecule has 6 heteroatoms. The number of aliphatic hydroxyl groups excluding tert-OH is 1. The second kappa shape index (κ2) is 7.78. The van der Waals surface area contributed by atoms with Crippen molar-refractivity contribution in [2.75, 3.05) is 6.61 Å². The molecular formula is C19H25N3O3. The third-order valence-electron chi connectivity index (χ3n) is 4.77. The second-order valence-electron chi connectivity index (χ2n) is 6.77. The number of aromatic nitrogens is 2. The molecule has 1 unspecified atom stereocenters. The summed E-state index contributed by atoms with van der Waals surface area (Å²) >= 11 is 0. The quantitative estimate of drug-likeness (QED) is 0.889. The van der Waals surface area contributed by atoms with Gasteiger partial charge in [-0.15, -0.1) is 0 Å². The highest BCUT2D eigenvalue weighted by molar-refractivity contribution is 5.97. The molecule has 0 spiro atoms. The van der Waals surface area contributed by atoms with Crippen molar-refractivity contribution in [3.8, 4) is 0 Å². The first-order valence-electron chi connectivity index (χ1n) is 9.05. The van der Waals surface area contributed by atoms with Crippen LogP contribution in [0.3, 0.4) is 0 Å². The van der Waals surface area contributed by atoms with Crippen LogP contribution < -0.4 is 10.9 Å². The highest BCUT2D eigenvalue weighted by Crippen LogP contribution is 2.16. The van der Waals surface area contributed by atoms with Gasteiger partial charge in [0.1, 0.15) is 5.82 Å². The lowest BCUT2D eigenvalue weighted by atomic mass is 10.1. The summed E-state index contributed by atoms with van der Waals surface area (Å²) in [6, 6.07) is 4.95. The van der Waals surface area contributed by atoms with Gasteiger partial charge in [-0.2, -0.15) is 0 Å². The van der Waals surface area contributed by atoms with Crippen molar-refractivity contribution in [2.45, 2.75) is 58.0 Å². The maximum atomic E-state index is 12.8. The number of amides is 1. The summed E-state index contributed by atoms with van der Waals surface area (Å²) < 4.78 is 1.80. The van der Waals surface area contributed by atoms with Crippen molar-refractivity contribution in [3.05, 3.63) is 39.9 Å².